The summed E-state index contributed by atoms with van der Waals surface area (Å²) in [4.78, 5) is 1.41. The van der Waals surface area contributed by atoms with E-state index in [1.165, 1.54) is 23.3 Å². The van der Waals surface area contributed by atoms with Gasteiger partial charge in [0.15, 0.2) is 0 Å². The van der Waals surface area contributed by atoms with Gasteiger partial charge < -0.3 is 5.32 Å². The summed E-state index contributed by atoms with van der Waals surface area (Å²) in [6.45, 7) is 5.61. The van der Waals surface area contributed by atoms with Crippen molar-refractivity contribution in [3.63, 3.8) is 0 Å². The molecule has 0 aliphatic heterocycles. The first kappa shape index (κ1) is 12.0. The maximum atomic E-state index is 3.30. The molecule has 0 saturated heterocycles. The normalized spacial score (nSPS) is 17.8. The Bertz CT molecular complexity index is 338. The maximum absolute atomic E-state index is 3.30. The monoisotopic (exact) mass is 235 g/mol. The van der Waals surface area contributed by atoms with Gasteiger partial charge >= 0.3 is 0 Å². The zero-order valence-electron chi connectivity index (χ0n) is 10.4. The first-order valence-corrected chi connectivity index (χ1v) is 6.90. The molecule has 1 aromatic rings. The van der Waals surface area contributed by atoms with Crippen LogP contribution in [0.4, 0.5) is 0 Å². The van der Waals surface area contributed by atoms with Crippen LogP contribution in [0.5, 0.6) is 0 Å². The van der Waals surface area contributed by atoms with Crippen molar-refractivity contribution in [2.75, 3.05) is 13.6 Å². The molecule has 1 fully saturated rings. The highest BCUT2D eigenvalue weighted by Gasteiger charge is 2.42. The molecule has 0 aromatic heterocycles. The Morgan fingerprint density at radius 1 is 1.25 bits per heavy atom. The van der Waals surface area contributed by atoms with Crippen LogP contribution in [0.25, 0.3) is 0 Å². The average Bonchev–Trinajstić information content (AvgIpc) is 2.99. The molecule has 0 bridgehead atoms. The largest absolute Gasteiger partial charge is 0.318 e. The summed E-state index contributed by atoms with van der Waals surface area (Å²) in [5, 5.41) is 3.30. The number of hydrogen-bond acceptors (Lipinski definition) is 2. The van der Waals surface area contributed by atoms with Crippen molar-refractivity contribution in [2.45, 2.75) is 42.2 Å². The molecule has 0 spiro atoms. The van der Waals surface area contributed by atoms with Crippen LogP contribution < -0.4 is 5.32 Å². The third kappa shape index (κ3) is 2.80. The Balaban J connectivity index is 2.00. The average molecular weight is 235 g/mol. The number of thioether (sulfide) groups is 1. The zero-order chi connectivity index (χ0) is 11.6. The van der Waals surface area contributed by atoms with E-state index in [2.05, 4.69) is 43.4 Å². The van der Waals surface area contributed by atoms with E-state index in [-0.39, 0.29) is 0 Å². The van der Waals surface area contributed by atoms with Gasteiger partial charge in [-0.3, -0.25) is 0 Å². The number of benzene rings is 1. The molecule has 2 heteroatoms. The van der Waals surface area contributed by atoms with Crippen LogP contribution in [0.1, 0.15) is 38.2 Å². The third-order valence-corrected chi connectivity index (χ3v) is 4.68. The van der Waals surface area contributed by atoms with E-state index >= 15 is 0 Å². The molecule has 1 N–H and O–H groups in total. The Morgan fingerprint density at radius 3 is 2.31 bits per heavy atom. The minimum absolute atomic E-state index is 0.494. The molecule has 1 aliphatic carbocycles. The quantitative estimate of drug-likeness (QED) is 0.836. The van der Waals surface area contributed by atoms with Crippen molar-refractivity contribution in [3.8, 4) is 0 Å². The van der Waals surface area contributed by atoms with Gasteiger partial charge in [0.25, 0.3) is 0 Å². The summed E-state index contributed by atoms with van der Waals surface area (Å²) in [5.74, 6) is 0.631. The van der Waals surface area contributed by atoms with Crippen LogP contribution in [-0.4, -0.2) is 18.3 Å². The molecule has 1 saturated carbocycles. The molecule has 2 rings (SSSR count). The summed E-state index contributed by atoms with van der Waals surface area (Å²) in [5.41, 5.74) is 1.43. The molecule has 0 amide bonds. The molecule has 0 unspecified atom stereocenters. The van der Waals surface area contributed by atoms with Gasteiger partial charge in [-0.1, -0.05) is 26.0 Å². The van der Waals surface area contributed by atoms with Crippen molar-refractivity contribution in [1.29, 1.82) is 0 Å². The van der Waals surface area contributed by atoms with Crippen molar-refractivity contribution in [1.82, 2.24) is 5.32 Å². The second-order valence-corrected chi connectivity index (χ2v) is 6.58. The van der Waals surface area contributed by atoms with Gasteiger partial charge in [-0.25, -0.2) is 0 Å². The number of hydrogen-bond donors (Lipinski definition) is 1. The van der Waals surface area contributed by atoms with Crippen LogP contribution in [0, 0.1) is 0 Å². The summed E-state index contributed by atoms with van der Waals surface area (Å²) in [6.07, 6.45) is 2.70. The van der Waals surface area contributed by atoms with Crippen LogP contribution in [0.3, 0.4) is 0 Å². The van der Waals surface area contributed by atoms with Gasteiger partial charge in [-0.05, 0) is 43.5 Å². The Hall–Kier alpha value is -0.470. The minimum atomic E-state index is 0.494. The Labute approximate surface area is 103 Å². The minimum Gasteiger partial charge on any atom is -0.318 e. The number of nitrogens with one attached hydrogen (secondary N) is 1. The van der Waals surface area contributed by atoms with Crippen molar-refractivity contribution in [3.05, 3.63) is 29.8 Å². The van der Waals surface area contributed by atoms with Gasteiger partial charge in [-0.2, -0.15) is 0 Å². The summed E-state index contributed by atoms with van der Waals surface area (Å²) in [7, 11) is 2.04. The standard InChI is InChI=1S/C14H21NS/c1-11(2)12-4-6-13(7-5-12)16-14(8-9-14)10-15-3/h4-7,11,15H,8-10H2,1-3H3. The van der Waals surface area contributed by atoms with E-state index in [4.69, 9.17) is 0 Å². The highest BCUT2D eigenvalue weighted by molar-refractivity contribution is 8.01. The van der Waals surface area contributed by atoms with Gasteiger partial charge in [0.2, 0.25) is 0 Å². The van der Waals surface area contributed by atoms with Crippen molar-refractivity contribution < 1.29 is 0 Å². The van der Waals surface area contributed by atoms with E-state index < -0.39 is 0 Å². The third-order valence-electron chi connectivity index (χ3n) is 3.19. The molecule has 0 atom stereocenters. The molecule has 1 aromatic carbocycles. The second-order valence-electron chi connectivity index (χ2n) is 5.04. The molecule has 1 aliphatic rings. The van der Waals surface area contributed by atoms with Crippen LogP contribution in [-0.2, 0) is 0 Å². The predicted octanol–water partition coefficient (Wildman–Crippen LogP) is 3.65. The maximum Gasteiger partial charge on any atom is 0.0332 e. The zero-order valence-corrected chi connectivity index (χ0v) is 11.2. The predicted molar refractivity (Wildman–Crippen MR) is 72.3 cm³/mol. The van der Waals surface area contributed by atoms with Gasteiger partial charge in [0.05, 0.1) is 0 Å². The summed E-state index contributed by atoms with van der Waals surface area (Å²) >= 11 is 2.04. The lowest BCUT2D eigenvalue weighted by atomic mass is 10.0. The van der Waals surface area contributed by atoms with Gasteiger partial charge in [0.1, 0.15) is 0 Å². The van der Waals surface area contributed by atoms with E-state index in [0.717, 1.165) is 6.54 Å². The Morgan fingerprint density at radius 2 is 1.88 bits per heavy atom. The van der Waals surface area contributed by atoms with E-state index in [9.17, 15) is 0 Å². The fourth-order valence-electron chi connectivity index (χ4n) is 1.95. The first-order chi connectivity index (χ1) is 7.65. The lowest BCUT2D eigenvalue weighted by Crippen LogP contribution is -2.22. The highest BCUT2D eigenvalue weighted by Crippen LogP contribution is 2.51. The molecule has 88 valence electrons. The summed E-state index contributed by atoms with van der Waals surface area (Å²) < 4.78 is 0.494. The van der Waals surface area contributed by atoms with Crippen molar-refractivity contribution >= 4 is 11.8 Å². The molecular formula is C14H21NS. The van der Waals surface area contributed by atoms with E-state index in [1.807, 2.05) is 18.8 Å². The van der Waals surface area contributed by atoms with Crippen LogP contribution in [0.15, 0.2) is 29.2 Å². The van der Waals surface area contributed by atoms with Crippen LogP contribution >= 0.6 is 11.8 Å². The van der Waals surface area contributed by atoms with E-state index in [1.54, 1.807) is 0 Å². The van der Waals surface area contributed by atoms with E-state index in [0.29, 0.717) is 10.7 Å². The molecule has 0 radical (unpaired) electrons. The lowest BCUT2D eigenvalue weighted by Gasteiger charge is -2.14. The first-order valence-electron chi connectivity index (χ1n) is 6.09. The fraction of sp³-hybridized carbons (Fsp3) is 0.571. The van der Waals surface area contributed by atoms with Gasteiger partial charge in [-0.15, -0.1) is 11.8 Å². The second kappa shape index (κ2) is 4.80. The number of rotatable bonds is 5. The summed E-state index contributed by atoms with van der Waals surface area (Å²) in [6, 6.07) is 9.08. The Kier molecular flexibility index (Phi) is 3.60. The molecule has 1 nitrogen and oxygen atoms in total. The molecular weight excluding hydrogens is 214 g/mol. The van der Waals surface area contributed by atoms with Crippen molar-refractivity contribution in [2.24, 2.45) is 0 Å². The smallest absolute Gasteiger partial charge is 0.0332 e. The highest BCUT2D eigenvalue weighted by atomic mass is 32.2. The lowest BCUT2D eigenvalue weighted by molar-refractivity contribution is 0.752. The van der Waals surface area contributed by atoms with Gasteiger partial charge in [0, 0.05) is 16.2 Å². The molecule has 0 heterocycles. The molecule has 16 heavy (non-hydrogen) atoms. The SMILES string of the molecule is CNCC1(Sc2ccc(C(C)C)cc2)CC1. The van der Waals surface area contributed by atoms with Crippen LogP contribution in [0.2, 0.25) is 0 Å². The topological polar surface area (TPSA) is 12.0 Å². The fourth-order valence-corrected chi connectivity index (χ4v) is 3.24.